The molecule has 0 aliphatic rings. The van der Waals surface area contributed by atoms with Crippen LogP contribution in [0.5, 0.6) is 11.5 Å². The Kier molecular flexibility index (Phi) is 5.84. The normalized spacial score (nSPS) is 10.7. The Morgan fingerprint density at radius 1 is 1.30 bits per heavy atom. The van der Waals surface area contributed by atoms with Gasteiger partial charge in [-0.05, 0) is 36.4 Å². The molecule has 0 heterocycles. The topological polar surface area (TPSA) is 70.9 Å². The first-order chi connectivity index (χ1) is 11.0. The number of nitrogens with zero attached hydrogens (tertiary/aromatic N) is 1. The number of halogens is 2. The lowest BCUT2D eigenvalue weighted by Crippen LogP contribution is -2.15. The predicted molar refractivity (Wildman–Crippen MR) is 92.2 cm³/mol. The van der Waals surface area contributed by atoms with Crippen molar-refractivity contribution in [3.63, 3.8) is 0 Å². The number of nitrogens with one attached hydrogen (secondary N) is 1. The number of carbonyl (C=O) groups excluding carboxylic acids is 1. The van der Waals surface area contributed by atoms with Gasteiger partial charge in [-0.2, -0.15) is 0 Å². The van der Waals surface area contributed by atoms with Crippen LogP contribution in [0.1, 0.15) is 5.56 Å². The van der Waals surface area contributed by atoms with Gasteiger partial charge in [-0.15, -0.1) is 0 Å². The molecule has 2 aromatic carbocycles. The van der Waals surface area contributed by atoms with Crippen molar-refractivity contribution in [2.24, 2.45) is 4.99 Å². The first-order valence-electron chi connectivity index (χ1n) is 6.61. The molecule has 0 aromatic heterocycles. The number of phenolic OH excluding ortho intramolecular Hbond substituents is 1. The van der Waals surface area contributed by atoms with Gasteiger partial charge in [0.25, 0.3) is 0 Å². The van der Waals surface area contributed by atoms with E-state index >= 15 is 0 Å². The molecule has 0 radical (unpaired) electrons. The van der Waals surface area contributed by atoms with Crippen molar-refractivity contribution in [1.82, 2.24) is 0 Å². The van der Waals surface area contributed by atoms with Crippen LogP contribution in [0.25, 0.3) is 0 Å². The maximum atomic E-state index is 11.9. The Hall–Kier alpha value is -2.24. The van der Waals surface area contributed by atoms with Crippen molar-refractivity contribution in [1.29, 1.82) is 0 Å². The Morgan fingerprint density at radius 3 is 2.83 bits per heavy atom. The first kappa shape index (κ1) is 17.1. The van der Waals surface area contributed by atoms with Crippen LogP contribution in [-0.4, -0.2) is 30.9 Å². The molecule has 0 saturated heterocycles. The highest BCUT2D eigenvalue weighted by Crippen LogP contribution is 2.25. The summed E-state index contributed by atoms with van der Waals surface area (Å²) in [5, 5.41) is 13.2. The van der Waals surface area contributed by atoms with Gasteiger partial charge in [-0.25, -0.2) is 0 Å². The maximum Gasteiger partial charge on any atom is 0.246 e. The molecule has 2 rings (SSSR count). The van der Waals surface area contributed by atoms with E-state index in [0.29, 0.717) is 27.0 Å². The molecule has 23 heavy (non-hydrogen) atoms. The monoisotopic (exact) mass is 352 g/mol. The number of ether oxygens (including phenoxy) is 1. The van der Waals surface area contributed by atoms with Crippen LogP contribution in [-0.2, 0) is 4.79 Å². The first-order valence-corrected chi connectivity index (χ1v) is 7.37. The average molecular weight is 353 g/mol. The summed E-state index contributed by atoms with van der Waals surface area (Å²) in [6.07, 6.45) is 1.40. The Morgan fingerprint density at radius 2 is 2.09 bits per heavy atom. The maximum absolute atomic E-state index is 11.9. The smallest absolute Gasteiger partial charge is 0.246 e. The molecule has 0 aliphatic heterocycles. The standard InChI is InChI=1S/C16H14Cl2N2O3/c1-23-12-3-5-15(21)10(6-12)8-19-9-16(22)20-14-7-11(17)2-4-13(14)18/h2-8,21H,9H2,1H3,(H,20,22). The lowest BCUT2D eigenvalue weighted by atomic mass is 10.2. The Bertz CT molecular complexity index is 748. The molecule has 2 aromatic rings. The molecule has 0 aliphatic carbocycles. The predicted octanol–water partition coefficient (Wildman–Crippen LogP) is 3.77. The number of aromatic hydroxyl groups is 1. The Labute approximate surface area is 143 Å². The largest absolute Gasteiger partial charge is 0.507 e. The molecule has 0 spiro atoms. The zero-order chi connectivity index (χ0) is 16.8. The van der Waals surface area contributed by atoms with Gasteiger partial charge in [0.05, 0.1) is 17.8 Å². The van der Waals surface area contributed by atoms with Gasteiger partial charge in [-0.1, -0.05) is 23.2 Å². The van der Waals surface area contributed by atoms with E-state index in [9.17, 15) is 9.90 Å². The van der Waals surface area contributed by atoms with Gasteiger partial charge in [0.15, 0.2) is 0 Å². The van der Waals surface area contributed by atoms with Crippen molar-refractivity contribution >= 4 is 41.0 Å². The number of rotatable bonds is 5. The number of amides is 1. The summed E-state index contributed by atoms with van der Waals surface area (Å²) in [4.78, 5) is 15.9. The van der Waals surface area contributed by atoms with Gasteiger partial charge in [-0.3, -0.25) is 9.79 Å². The molecule has 0 fully saturated rings. The molecule has 5 nitrogen and oxygen atoms in total. The van der Waals surface area contributed by atoms with Crippen molar-refractivity contribution in [2.45, 2.75) is 0 Å². The number of aliphatic imine (C=N–C) groups is 1. The van der Waals surface area contributed by atoms with E-state index in [1.807, 2.05) is 0 Å². The summed E-state index contributed by atoms with van der Waals surface area (Å²) in [6.45, 7) is -0.126. The van der Waals surface area contributed by atoms with Gasteiger partial charge in [0.1, 0.15) is 18.0 Å². The van der Waals surface area contributed by atoms with E-state index in [1.54, 1.807) is 30.3 Å². The number of carbonyl (C=O) groups is 1. The minimum atomic E-state index is -0.354. The SMILES string of the molecule is COc1ccc(O)c(C=NCC(=O)Nc2cc(Cl)ccc2Cl)c1. The van der Waals surface area contributed by atoms with E-state index in [2.05, 4.69) is 10.3 Å². The molecule has 1 amide bonds. The zero-order valence-electron chi connectivity index (χ0n) is 12.2. The van der Waals surface area contributed by atoms with Gasteiger partial charge >= 0.3 is 0 Å². The highest BCUT2D eigenvalue weighted by atomic mass is 35.5. The minimum Gasteiger partial charge on any atom is -0.507 e. The van der Waals surface area contributed by atoms with E-state index in [4.69, 9.17) is 27.9 Å². The van der Waals surface area contributed by atoms with Crippen LogP contribution in [0.2, 0.25) is 10.0 Å². The summed E-state index contributed by atoms with van der Waals surface area (Å²) in [7, 11) is 1.52. The third-order valence-corrected chi connectivity index (χ3v) is 3.47. The molecule has 2 N–H and O–H groups in total. The second kappa shape index (κ2) is 7.85. The number of anilines is 1. The molecular formula is C16H14Cl2N2O3. The summed E-state index contributed by atoms with van der Waals surface area (Å²) >= 11 is 11.8. The highest BCUT2D eigenvalue weighted by Gasteiger charge is 2.06. The van der Waals surface area contributed by atoms with Crippen molar-refractivity contribution < 1.29 is 14.6 Å². The van der Waals surface area contributed by atoms with Gasteiger partial charge in [0.2, 0.25) is 5.91 Å². The van der Waals surface area contributed by atoms with E-state index in [0.717, 1.165) is 0 Å². The van der Waals surface area contributed by atoms with Crippen molar-refractivity contribution in [3.05, 3.63) is 52.0 Å². The van der Waals surface area contributed by atoms with Gasteiger partial charge < -0.3 is 15.2 Å². The molecule has 0 saturated carbocycles. The van der Waals surface area contributed by atoms with E-state index in [1.165, 1.54) is 19.4 Å². The molecule has 120 valence electrons. The molecule has 7 heteroatoms. The van der Waals surface area contributed by atoms with Crippen LogP contribution < -0.4 is 10.1 Å². The molecular weight excluding hydrogens is 339 g/mol. The van der Waals surface area contributed by atoms with E-state index in [-0.39, 0.29) is 18.2 Å². The number of benzene rings is 2. The second-order valence-corrected chi connectivity index (χ2v) is 5.41. The molecule has 0 bridgehead atoms. The van der Waals surface area contributed by atoms with Crippen molar-refractivity contribution in [3.8, 4) is 11.5 Å². The highest BCUT2D eigenvalue weighted by molar-refractivity contribution is 6.35. The van der Waals surface area contributed by atoms with Crippen LogP contribution in [0, 0.1) is 0 Å². The fourth-order valence-electron chi connectivity index (χ4n) is 1.77. The number of hydrogen-bond donors (Lipinski definition) is 2. The lowest BCUT2D eigenvalue weighted by molar-refractivity contribution is -0.114. The summed E-state index contributed by atoms with van der Waals surface area (Å²) in [5.74, 6) is 0.278. The average Bonchev–Trinajstić information content (AvgIpc) is 2.52. The fraction of sp³-hybridized carbons (Fsp3) is 0.125. The van der Waals surface area contributed by atoms with Crippen LogP contribution in [0.4, 0.5) is 5.69 Å². The number of hydrogen-bond acceptors (Lipinski definition) is 4. The minimum absolute atomic E-state index is 0.0489. The second-order valence-electron chi connectivity index (χ2n) is 4.57. The van der Waals surface area contributed by atoms with Gasteiger partial charge in [0, 0.05) is 16.8 Å². The quantitative estimate of drug-likeness (QED) is 0.804. The third-order valence-electron chi connectivity index (χ3n) is 2.90. The molecule has 0 atom stereocenters. The summed E-state index contributed by atoms with van der Waals surface area (Å²) in [6, 6.07) is 9.51. The van der Waals surface area contributed by atoms with Crippen LogP contribution in [0.15, 0.2) is 41.4 Å². The van der Waals surface area contributed by atoms with Crippen LogP contribution >= 0.6 is 23.2 Å². The summed E-state index contributed by atoms with van der Waals surface area (Å²) < 4.78 is 5.06. The number of methoxy groups -OCH3 is 1. The molecule has 0 unspecified atom stereocenters. The van der Waals surface area contributed by atoms with E-state index < -0.39 is 0 Å². The lowest BCUT2D eigenvalue weighted by Gasteiger charge is -2.06. The third kappa shape index (κ3) is 4.87. The number of phenols is 1. The Balaban J connectivity index is 2.00. The van der Waals surface area contributed by atoms with Crippen molar-refractivity contribution in [2.75, 3.05) is 19.0 Å². The fourth-order valence-corrected chi connectivity index (χ4v) is 2.11. The summed E-state index contributed by atoms with van der Waals surface area (Å²) in [5.41, 5.74) is 0.876. The zero-order valence-corrected chi connectivity index (χ0v) is 13.7. The van der Waals surface area contributed by atoms with Crippen LogP contribution in [0.3, 0.4) is 0 Å².